The third-order valence-electron chi connectivity index (χ3n) is 3.41. The van der Waals surface area contributed by atoms with Gasteiger partial charge in [0.15, 0.2) is 5.82 Å². The Morgan fingerprint density at radius 3 is 2.52 bits per heavy atom. The number of nitrogens with zero attached hydrogens (tertiary/aromatic N) is 3. The molecule has 1 atom stereocenters. The van der Waals surface area contributed by atoms with Crippen LogP contribution >= 0.6 is 39.0 Å². The van der Waals surface area contributed by atoms with E-state index in [0.29, 0.717) is 11.5 Å². The summed E-state index contributed by atoms with van der Waals surface area (Å²) in [6, 6.07) is 12.8. The van der Waals surface area contributed by atoms with Gasteiger partial charge in [0.05, 0.1) is 4.88 Å². The number of nitrogens with one attached hydrogen (secondary N) is 1. The van der Waals surface area contributed by atoms with Crippen LogP contribution in [0.2, 0.25) is 0 Å². The summed E-state index contributed by atoms with van der Waals surface area (Å²) < 4.78 is 6.13. The molecule has 1 amide bonds. The van der Waals surface area contributed by atoms with Crippen LogP contribution in [0.25, 0.3) is 10.7 Å². The van der Waals surface area contributed by atoms with Gasteiger partial charge in [-0.25, -0.2) is 9.36 Å². The van der Waals surface area contributed by atoms with Gasteiger partial charge in [-0.05, 0) is 44.4 Å². The van der Waals surface area contributed by atoms with Crippen LogP contribution < -0.4 is 5.32 Å². The van der Waals surface area contributed by atoms with Crippen LogP contribution in [0.5, 0.6) is 0 Å². The molecular formula is C19H19BrN4O3S2. The van der Waals surface area contributed by atoms with E-state index < -0.39 is 15.9 Å². The molecule has 7 nitrogen and oxygen atoms in total. The molecule has 152 valence electrons. The minimum Gasteiger partial charge on any atom is -0.443 e. The zero-order valence-electron chi connectivity index (χ0n) is 16.0. The van der Waals surface area contributed by atoms with E-state index in [1.54, 1.807) is 32.9 Å². The van der Waals surface area contributed by atoms with Crippen LogP contribution in [0.1, 0.15) is 20.8 Å². The van der Waals surface area contributed by atoms with E-state index in [9.17, 15) is 9.59 Å². The van der Waals surface area contributed by atoms with Crippen molar-refractivity contribution in [3.63, 3.8) is 0 Å². The maximum Gasteiger partial charge on any atom is 0.422 e. The van der Waals surface area contributed by atoms with Gasteiger partial charge in [0.1, 0.15) is 9.76 Å². The molecule has 29 heavy (non-hydrogen) atoms. The number of anilines is 1. The van der Waals surface area contributed by atoms with Gasteiger partial charge in [-0.15, -0.1) is 21.5 Å². The van der Waals surface area contributed by atoms with Gasteiger partial charge in [-0.1, -0.05) is 52.0 Å². The first-order valence-electron chi connectivity index (χ1n) is 8.64. The monoisotopic (exact) mass is 494 g/mol. The Morgan fingerprint density at radius 2 is 1.90 bits per heavy atom. The van der Waals surface area contributed by atoms with Gasteiger partial charge in [0.2, 0.25) is 11.1 Å². The van der Waals surface area contributed by atoms with Gasteiger partial charge in [-0.3, -0.25) is 4.79 Å². The van der Waals surface area contributed by atoms with Crippen LogP contribution in [0.4, 0.5) is 10.5 Å². The fourth-order valence-electron chi connectivity index (χ4n) is 2.25. The van der Waals surface area contributed by atoms with Gasteiger partial charge in [0, 0.05) is 5.69 Å². The van der Waals surface area contributed by atoms with Crippen LogP contribution in [0.15, 0.2) is 53.0 Å². The molecule has 10 heteroatoms. The van der Waals surface area contributed by atoms with E-state index in [1.807, 2.05) is 35.7 Å². The first-order valence-corrected chi connectivity index (χ1v) is 11.3. The highest BCUT2D eigenvalue weighted by molar-refractivity contribution is 9.11. The number of thiophene rings is 1. The Labute approximate surface area is 185 Å². The highest BCUT2D eigenvalue weighted by Crippen LogP contribution is 2.32. The molecule has 0 bridgehead atoms. The molecule has 2 aromatic heterocycles. The molecular weight excluding hydrogens is 476 g/mol. The molecule has 1 N–H and O–H groups in total. The zero-order chi connectivity index (χ0) is 21.0. The average molecular weight is 495 g/mol. The maximum absolute atomic E-state index is 12.8. The number of amides is 1. The number of rotatable bonds is 5. The number of para-hydroxylation sites is 1. The molecule has 0 aliphatic carbocycles. The normalized spacial score (nSPS) is 12.4. The first-order chi connectivity index (χ1) is 13.7. The van der Waals surface area contributed by atoms with Crippen molar-refractivity contribution >= 4 is 56.7 Å². The van der Waals surface area contributed by atoms with Crippen molar-refractivity contribution in [2.75, 3.05) is 5.32 Å². The Kier molecular flexibility index (Phi) is 6.76. The average Bonchev–Trinajstić information content (AvgIpc) is 3.30. The van der Waals surface area contributed by atoms with E-state index in [4.69, 9.17) is 4.74 Å². The van der Waals surface area contributed by atoms with Crippen LogP contribution in [-0.2, 0) is 9.53 Å². The maximum atomic E-state index is 12.8. The number of benzene rings is 1. The van der Waals surface area contributed by atoms with Gasteiger partial charge in [-0.2, -0.15) is 0 Å². The van der Waals surface area contributed by atoms with E-state index in [-0.39, 0.29) is 11.1 Å². The molecule has 1 unspecified atom stereocenters. The highest BCUT2D eigenvalue weighted by Gasteiger charge is 2.28. The topological polar surface area (TPSA) is 86.1 Å². The lowest BCUT2D eigenvalue weighted by atomic mass is 10.2. The largest absolute Gasteiger partial charge is 0.443 e. The minimum absolute atomic E-state index is 0.257. The second-order valence-corrected chi connectivity index (χ2v) is 10.4. The van der Waals surface area contributed by atoms with E-state index in [1.165, 1.54) is 15.9 Å². The van der Waals surface area contributed by atoms with Crippen LogP contribution in [0, 0.1) is 0 Å². The molecule has 3 rings (SSSR count). The second-order valence-electron chi connectivity index (χ2n) is 6.89. The predicted molar refractivity (Wildman–Crippen MR) is 119 cm³/mol. The van der Waals surface area contributed by atoms with E-state index >= 15 is 0 Å². The van der Waals surface area contributed by atoms with Crippen molar-refractivity contribution in [3.05, 3.63) is 47.8 Å². The standard InChI is InChI=1S/C19H19BrN4O3S2/c1-19(2,3)27-18(26)24-15(13-10-7-11-28-13)22-23-17(24)29-14(20)16(25)21-12-8-5-4-6-9-12/h4-11,14H,1-3H3,(H,21,25). The van der Waals surface area contributed by atoms with Crippen molar-refractivity contribution in [1.29, 1.82) is 0 Å². The Morgan fingerprint density at radius 1 is 1.17 bits per heavy atom. The minimum atomic E-state index is -0.690. The summed E-state index contributed by atoms with van der Waals surface area (Å²) in [5.41, 5.74) is -0.00969. The second kappa shape index (κ2) is 9.10. The quantitative estimate of drug-likeness (QED) is 0.385. The summed E-state index contributed by atoms with van der Waals surface area (Å²) in [5, 5.41) is 13.2. The van der Waals surface area contributed by atoms with Gasteiger partial charge < -0.3 is 10.1 Å². The molecule has 0 saturated carbocycles. The number of hydrogen-bond acceptors (Lipinski definition) is 7. The van der Waals surface area contributed by atoms with Crippen LogP contribution in [0.3, 0.4) is 0 Å². The lowest BCUT2D eigenvalue weighted by Crippen LogP contribution is -2.28. The molecule has 0 fully saturated rings. The number of aromatic nitrogens is 3. The molecule has 3 aromatic rings. The van der Waals surface area contributed by atoms with E-state index in [0.717, 1.165) is 16.6 Å². The van der Waals surface area contributed by atoms with Gasteiger partial charge >= 0.3 is 6.09 Å². The Balaban J connectivity index is 1.84. The number of ether oxygens (including phenoxy) is 1. The zero-order valence-corrected chi connectivity index (χ0v) is 19.2. The summed E-state index contributed by atoms with van der Waals surface area (Å²) in [6.45, 7) is 5.36. The predicted octanol–water partition coefficient (Wildman–Crippen LogP) is 5.24. The molecule has 0 aliphatic rings. The number of halogens is 1. The molecule has 0 radical (unpaired) electrons. The molecule has 0 spiro atoms. The fourth-order valence-corrected chi connectivity index (χ4v) is 4.27. The lowest BCUT2D eigenvalue weighted by molar-refractivity contribution is -0.114. The third kappa shape index (κ3) is 5.68. The van der Waals surface area contributed by atoms with Crippen LogP contribution in [-0.4, -0.2) is 36.5 Å². The number of alkyl halides is 1. The lowest BCUT2D eigenvalue weighted by Gasteiger charge is -2.20. The molecule has 1 aromatic carbocycles. The number of carbonyl (C=O) groups is 2. The smallest absolute Gasteiger partial charge is 0.422 e. The summed E-state index contributed by atoms with van der Waals surface area (Å²) in [7, 11) is 0. The van der Waals surface area contributed by atoms with Gasteiger partial charge in [0.25, 0.3) is 0 Å². The highest BCUT2D eigenvalue weighted by atomic mass is 79.9. The summed E-state index contributed by atoms with van der Waals surface area (Å²) in [6.07, 6.45) is -0.600. The van der Waals surface area contributed by atoms with Crippen molar-refractivity contribution in [3.8, 4) is 10.7 Å². The van der Waals surface area contributed by atoms with Crippen molar-refractivity contribution in [2.45, 2.75) is 35.7 Å². The Bertz CT molecular complexity index is 985. The van der Waals surface area contributed by atoms with Crippen molar-refractivity contribution in [2.24, 2.45) is 0 Å². The number of thioether (sulfide) groups is 1. The van der Waals surface area contributed by atoms with Crippen molar-refractivity contribution < 1.29 is 14.3 Å². The number of carbonyl (C=O) groups excluding carboxylic acids is 2. The summed E-state index contributed by atoms with van der Waals surface area (Å²) in [4.78, 5) is 26.1. The summed E-state index contributed by atoms with van der Waals surface area (Å²) >= 11 is 5.86. The first kappa shape index (κ1) is 21.5. The van der Waals surface area contributed by atoms with Crippen molar-refractivity contribution in [1.82, 2.24) is 14.8 Å². The third-order valence-corrected chi connectivity index (χ3v) is 6.15. The Hall–Kier alpha value is -2.17. The summed E-state index contributed by atoms with van der Waals surface area (Å²) in [5.74, 6) is 0.0949. The number of hydrogen-bond donors (Lipinski definition) is 1. The SMILES string of the molecule is CC(C)(C)OC(=O)n1c(SC(Br)C(=O)Nc2ccccc2)nnc1-c1cccs1. The molecule has 0 aliphatic heterocycles. The molecule has 0 saturated heterocycles. The molecule has 2 heterocycles. The van der Waals surface area contributed by atoms with E-state index in [2.05, 4.69) is 31.4 Å². The fraction of sp³-hybridized carbons (Fsp3) is 0.263.